The van der Waals surface area contributed by atoms with Crippen molar-refractivity contribution in [2.45, 2.75) is 97.4 Å². The Kier molecular flexibility index (Phi) is 18.6. The predicted octanol–water partition coefficient (Wildman–Crippen LogP) is 3.27. The molecule has 0 saturated heterocycles. The number of nitrogens with one attached hydrogen (secondary N) is 5. The number of rotatable bonds is 17. The van der Waals surface area contributed by atoms with E-state index in [0.29, 0.717) is 53.1 Å². The summed E-state index contributed by atoms with van der Waals surface area (Å²) in [5.74, 6) is -4.18. The third kappa shape index (κ3) is 13.0. The molecule has 20 nitrogen and oxygen atoms in total. The van der Waals surface area contributed by atoms with Gasteiger partial charge in [0.1, 0.15) is 25.2 Å². The van der Waals surface area contributed by atoms with Gasteiger partial charge in [0.25, 0.3) is 17.4 Å². The number of benzene rings is 3. The van der Waals surface area contributed by atoms with Crippen LogP contribution in [0.1, 0.15) is 96.6 Å². The molecule has 0 radical (unpaired) electrons. The average molecular weight is 1060 g/mol. The normalized spacial score (nSPS) is 15.8. The van der Waals surface area contributed by atoms with E-state index in [-0.39, 0.29) is 68.0 Å². The minimum Gasteiger partial charge on any atom is -0.458 e. The first-order chi connectivity index (χ1) is 37.0. The number of aryl methyl sites for hydroxylation is 2. The van der Waals surface area contributed by atoms with Crippen molar-refractivity contribution in [3.63, 3.8) is 0 Å². The third-order valence-corrected chi connectivity index (χ3v) is 13.5. The molecule has 3 aliphatic heterocycles. The van der Waals surface area contributed by atoms with Crippen molar-refractivity contribution >= 4 is 63.9 Å². The van der Waals surface area contributed by atoms with Gasteiger partial charge < -0.3 is 45.7 Å². The zero-order valence-corrected chi connectivity index (χ0v) is 43.4. The van der Waals surface area contributed by atoms with Crippen LogP contribution in [0.25, 0.3) is 22.3 Å². The molecule has 3 aromatic carbocycles. The van der Waals surface area contributed by atoms with Crippen molar-refractivity contribution in [2.75, 3.05) is 38.4 Å². The Morgan fingerprint density at radius 1 is 0.831 bits per heavy atom. The lowest BCUT2D eigenvalue weighted by molar-refractivity contribution is -0.157. The minimum atomic E-state index is -1.49. The van der Waals surface area contributed by atoms with Crippen LogP contribution in [0.3, 0.4) is 0 Å². The van der Waals surface area contributed by atoms with Gasteiger partial charge in [-0.3, -0.25) is 38.4 Å². The van der Waals surface area contributed by atoms with E-state index in [2.05, 4.69) is 33.5 Å². The summed E-state index contributed by atoms with van der Waals surface area (Å²) in [6, 6.07) is 18.0. The second-order valence-electron chi connectivity index (χ2n) is 18.5. The maximum absolute atomic E-state index is 14.6. The van der Waals surface area contributed by atoms with Crippen LogP contribution in [0.5, 0.6) is 0 Å². The highest BCUT2D eigenvalue weighted by Crippen LogP contribution is 2.45. The summed E-state index contributed by atoms with van der Waals surface area (Å²) >= 11 is 0. The van der Waals surface area contributed by atoms with Crippen LogP contribution in [0.4, 0.5) is 10.1 Å². The molecule has 0 fully saturated rings. The molecule has 0 saturated carbocycles. The van der Waals surface area contributed by atoms with E-state index in [0.717, 1.165) is 50.9 Å². The SMILES string of the molecule is CC.COCNC(=O)CNC(=O)C(Cc1ccccc1)NC(=O)CNC(=O)CNC(=O)CCCc1ccc(N2C(=O)C=CC2=O)cc1.Cc1c(F)cc2nc3c(c4c2c1CCC4C)Cn1c-3cc2c(c1=O)COC(=O)C2O. The van der Waals surface area contributed by atoms with Crippen molar-refractivity contribution in [1.29, 1.82) is 0 Å². The van der Waals surface area contributed by atoms with Crippen LogP contribution in [-0.2, 0) is 80.2 Å². The van der Waals surface area contributed by atoms with Crippen molar-refractivity contribution in [1.82, 2.24) is 36.1 Å². The largest absolute Gasteiger partial charge is 0.458 e. The Balaban J connectivity index is 0.000000231. The molecule has 1 aliphatic carbocycles. The van der Waals surface area contributed by atoms with E-state index in [1.165, 1.54) is 25.3 Å². The van der Waals surface area contributed by atoms with Crippen molar-refractivity contribution in [3.05, 3.63) is 140 Å². The number of pyridine rings is 2. The molecule has 21 heteroatoms. The van der Waals surface area contributed by atoms with Gasteiger partial charge in [0.15, 0.2) is 6.10 Å². The van der Waals surface area contributed by atoms with Gasteiger partial charge in [0.05, 0.1) is 54.3 Å². The van der Waals surface area contributed by atoms with E-state index < -0.39 is 60.1 Å². The lowest BCUT2D eigenvalue weighted by atomic mass is 9.79. The number of aliphatic hydroxyl groups excluding tert-OH is 1. The van der Waals surface area contributed by atoms with Crippen LogP contribution in [0.15, 0.2) is 83.7 Å². The monoisotopic (exact) mass is 1060 g/mol. The number of hydrogen-bond acceptors (Lipinski definition) is 13. The maximum atomic E-state index is 14.6. The van der Waals surface area contributed by atoms with Gasteiger partial charge in [-0.05, 0) is 84.5 Å². The molecule has 5 aromatic rings. The zero-order valence-electron chi connectivity index (χ0n) is 43.4. The molecule has 77 heavy (non-hydrogen) atoms. The summed E-state index contributed by atoms with van der Waals surface area (Å²) in [6.07, 6.45) is 4.03. The number of carbonyl (C=O) groups excluding carboxylic acids is 8. The summed E-state index contributed by atoms with van der Waals surface area (Å²) < 4.78 is 25.9. The number of nitrogens with zero attached hydrogens (tertiary/aromatic N) is 3. The molecule has 5 heterocycles. The molecular formula is C56H61FN8O12. The first-order valence-electron chi connectivity index (χ1n) is 25.3. The highest BCUT2D eigenvalue weighted by molar-refractivity contribution is 6.28. The molecule has 0 bridgehead atoms. The lowest BCUT2D eigenvalue weighted by Gasteiger charge is -2.26. The molecule has 6 N–H and O–H groups in total. The van der Waals surface area contributed by atoms with Crippen molar-refractivity contribution in [2.24, 2.45) is 0 Å². The minimum absolute atomic E-state index is 0.0134. The predicted molar refractivity (Wildman–Crippen MR) is 280 cm³/mol. The van der Waals surface area contributed by atoms with Gasteiger partial charge in [0.2, 0.25) is 29.5 Å². The fraction of sp³-hybridized carbons (Fsp3) is 0.357. The van der Waals surface area contributed by atoms with Gasteiger partial charge in [-0.1, -0.05) is 63.2 Å². The van der Waals surface area contributed by atoms with E-state index in [9.17, 15) is 52.6 Å². The Morgan fingerprint density at radius 2 is 1.49 bits per heavy atom. The van der Waals surface area contributed by atoms with E-state index in [4.69, 9.17) is 14.5 Å². The maximum Gasteiger partial charge on any atom is 0.340 e. The number of ether oxygens (including phenoxy) is 2. The number of esters is 1. The van der Waals surface area contributed by atoms with E-state index in [1.54, 1.807) is 59.2 Å². The Bertz CT molecular complexity index is 3200. The van der Waals surface area contributed by atoms with Crippen LogP contribution in [0.2, 0.25) is 0 Å². The summed E-state index contributed by atoms with van der Waals surface area (Å²) in [7, 11) is 1.41. The smallest absolute Gasteiger partial charge is 0.340 e. The number of halogens is 1. The van der Waals surface area contributed by atoms with Crippen LogP contribution < -0.4 is 37.0 Å². The number of imide groups is 1. The van der Waals surface area contributed by atoms with Crippen LogP contribution in [0, 0.1) is 12.7 Å². The topological polar surface area (TPSA) is 274 Å². The molecule has 3 atom stereocenters. The summed E-state index contributed by atoms with van der Waals surface area (Å²) in [4.78, 5) is 116. The number of aliphatic hydroxyl groups is 1. The number of methoxy groups -OCH3 is 1. The molecule has 3 unspecified atom stereocenters. The average Bonchev–Trinajstić information content (AvgIpc) is 4.06. The standard InChI is InChI=1S/C31H36N6O8.C23H19FN2O4.C2H6/c1-45-20-35-27(40)18-34-31(44)24(16-22-6-3-2-4-7-22)36-28(41)19-33-26(39)17-32-25(38)9-5-8-21-10-12-23(13-11-21)37-29(42)14-15-30(37)43;1-9-3-4-11-10(2)15(24)6-16-19(11)18(9)13-7-26-17(20(13)25-16)5-12-14(22(26)28)8-30-23(29)21(12)27;1-2/h2-4,6-7,10-15,24H,5,8-9,16-20H2,1H3,(H,32,38)(H,33,39)(H,34,44)(H,35,40)(H,36,41);5-6,9,21,27H,3-4,7-8H2,1-2H3;1-2H3. The molecule has 9 rings (SSSR count). The molecule has 7 amide bonds. The number of cyclic esters (lactones) is 1. The fourth-order valence-corrected chi connectivity index (χ4v) is 9.57. The van der Waals surface area contributed by atoms with Gasteiger partial charge in [-0.2, -0.15) is 0 Å². The number of amides is 7. The number of hydrogen-bond donors (Lipinski definition) is 6. The fourth-order valence-electron chi connectivity index (χ4n) is 9.57. The molecule has 2 aromatic heterocycles. The highest BCUT2D eigenvalue weighted by atomic mass is 19.1. The molecular weight excluding hydrogens is 996 g/mol. The summed E-state index contributed by atoms with van der Waals surface area (Å²) in [5.41, 5.74) is 8.00. The second kappa shape index (κ2) is 25.4. The Labute approximate surface area is 442 Å². The lowest BCUT2D eigenvalue weighted by Crippen LogP contribution is -2.52. The zero-order chi connectivity index (χ0) is 55.5. The molecule has 0 spiro atoms. The van der Waals surface area contributed by atoms with Gasteiger partial charge in [-0.25, -0.2) is 19.1 Å². The second-order valence-corrected chi connectivity index (χ2v) is 18.5. The van der Waals surface area contributed by atoms with Crippen molar-refractivity contribution < 1.29 is 57.3 Å². The van der Waals surface area contributed by atoms with Gasteiger partial charge >= 0.3 is 5.97 Å². The quantitative estimate of drug-likeness (QED) is 0.0436. The Hall–Kier alpha value is -8.43. The Morgan fingerprint density at radius 3 is 2.19 bits per heavy atom. The third-order valence-electron chi connectivity index (χ3n) is 13.5. The summed E-state index contributed by atoms with van der Waals surface area (Å²) in [5, 5.41) is 23.7. The van der Waals surface area contributed by atoms with Crippen LogP contribution >= 0.6 is 0 Å². The van der Waals surface area contributed by atoms with Crippen molar-refractivity contribution in [3.8, 4) is 11.4 Å². The van der Waals surface area contributed by atoms with Gasteiger partial charge in [0, 0.05) is 54.7 Å². The number of fused-ring (bicyclic) bond motifs is 5. The number of carbonyl (C=O) groups is 8. The summed E-state index contributed by atoms with van der Waals surface area (Å²) in [6.45, 7) is 7.10. The van der Waals surface area contributed by atoms with Gasteiger partial charge in [-0.15, -0.1) is 0 Å². The first-order valence-corrected chi connectivity index (χ1v) is 25.3. The molecule has 4 aliphatic rings. The first kappa shape index (κ1) is 56.3. The van der Waals surface area contributed by atoms with E-state index >= 15 is 0 Å². The van der Waals surface area contributed by atoms with E-state index in [1.807, 2.05) is 26.8 Å². The van der Waals surface area contributed by atoms with Crippen LogP contribution in [-0.4, -0.2) is 101 Å². The highest BCUT2D eigenvalue weighted by Gasteiger charge is 2.37. The number of aromatic nitrogens is 2. The molecule has 404 valence electrons. The number of anilines is 1.